The van der Waals surface area contributed by atoms with E-state index in [1.165, 1.54) is 12.1 Å². The number of esters is 1. The highest BCUT2D eigenvalue weighted by molar-refractivity contribution is 9.10. The molecule has 0 unspecified atom stereocenters. The predicted octanol–water partition coefficient (Wildman–Crippen LogP) is 1.62. The molecule has 0 aliphatic carbocycles. The molecule has 0 saturated heterocycles. The molecule has 4 N–H and O–H groups in total. The highest BCUT2D eigenvalue weighted by Gasteiger charge is 2.17. The molecule has 0 spiro atoms. The maximum atomic E-state index is 12.0. The van der Waals surface area contributed by atoms with E-state index >= 15 is 0 Å². The van der Waals surface area contributed by atoms with Gasteiger partial charge in [-0.1, -0.05) is 11.8 Å². The lowest BCUT2D eigenvalue weighted by Gasteiger charge is -2.07. The molecule has 24 heavy (non-hydrogen) atoms. The number of rotatable bonds is 6. The molecule has 1 amide bonds. The van der Waals surface area contributed by atoms with Crippen molar-refractivity contribution in [1.29, 1.82) is 0 Å². The highest BCUT2D eigenvalue weighted by Crippen LogP contribution is 2.19. The van der Waals surface area contributed by atoms with E-state index in [4.69, 9.17) is 14.9 Å². The van der Waals surface area contributed by atoms with Gasteiger partial charge in [0.15, 0.2) is 27.1 Å². The van der Waals surface area contributed by atoms with E-state index in [1.807, 2.05) is 0 Å². The Morgan fingerprint density at radius 2 is 2.25 bits per heavy atom. The maximum Gasteiger partial charge on any atom is 0.316 e. The molecule has 9 nitrogen and oxygen atoms in total. The van der Waals surface area contributed by atoms with Gasteiger partial charge in [0.05, 0.1) is 12.4 Å². The van der Waals surface area contributed by atoms with Crippen LogP contribution in [0.5, 0.6) is 0 Å². The third-order valence-electron chi connectivity index (χ3n) is 2.59. The van der Waals surface area contributed by atoms with Gasteiger partial charge in [0, 0.05) is 0 Å². The average Bonchev–Trinajstić information content (AvgIpc) is 2.95. The number of halogens is 1. The fraction of sp³-hybridized carbons (Fsp3) is 0.231. The van der Waals surface area contributed by atoms with E-state index in [0.29, 0.717) is 4.67 Å². The summed E-state index contributed by atoms with van der Waals surface area (Å²) in [6, 6.07) is 2.97. The predicted molar refractivity (Wildman–Crippen MR) is 91.0 cm³/mol. The van der Waals surface area contributed by atoms with Crippen molar-refractivity contribution in [2.75, 3.05) is 23.4 Å². The minimum Gasteiger partial charge on any atom is -0.465 e. The van der Waals surface area contributed by atoms with Gasteiger partial charge in [0.2, 0.25) is 0 Å². The van der Waals surface area contributed by atoms with Crippen molar-refractivity contribution >= 4 is 51.1 Å². The molecular weight excluding hydrogens is 404 g/mol. The Kier molecular flexibility index (Phi) is 6.04. The maximum absolute atomic E-state index is 12.0. The fourth-order valence-corrected chi connectivity index (χ4v) is 2.57. The molecule has 2 heterocycles. The Morgan fingerprint density at radius 3 is 2.83 bits per heavy atom. The van der Waals surface area contributed by atoms with Gasteiger partial charge >= 0.3 is 5.97 Å². The first-order valence-electron chi connectivity index (χ1n) is 6.65. The number of nitrogens with two attached hydrogens (primary N) is 1. The van der Waals surface area contributed by atoms with Crippen LogP contribution in [0.1, 0.15) is 17.5 Å². The van der Waals surface area contributed by atoms with Crippen molar-refractivity contribution in [3.63, 3.8) is 0 Å². The Bertz CT molecular complexity index is 819. The topological polar surface area (TPSA) is 140 Å². The van der Waals surface area contributed by atoms with Gasteiger partial charge in [-0.05, 0) is 35.0 Å². The summed E-state index contributed by atoms with van der Waals surface area (Å²) < 4.78 is 10.2. The van der Waals surface area contributed by atoms with E-state index < -0.39 is 17.4 Å². The summed E-state index contributed by atoms with van der Waals surface area (Å²) in [5.41, 5.74) is 4.86. The van der Waals surface area contributed by atoms with Gasteiger partial charge in [-0.2, -0.15) is 0 Å². The number of hydrogen-bond acceptors (Lipinski definition) is 8. The van der Waals surface area contributed by atoms with Crippen LogP contribution in [0.4, 0.5) is 11.5 Å². The van der Waals surface area contributed by atoms with Crippen LogP contribution in [0.25, 0.3) is 0 Å². The second-order valence-corrected chi connectivity index (χ2v) is 6.03. The molecule has 0 fully saturated rings. The van der Waals surface area contributed by atoms with Crippen LogP contribution >= 0.6 is 27.7 Å². The Balaban J connectivity index is 2.11. The summed E-state index contributed by atoms with van der Waals surface area (Å²) in [7, 11) is 0. The molecule has 2 rings (SSSR count). The monoisotopic (exact) mass is 416 g/mol. The lowest BCUT2D eigenvalue weighted by molar-refractivity contribution is -0.139. The first kappa shape index (κ1) is 18.1. The first-order chi connectivity index (χ1) is 11.4. The standard InChI is InChI=1S/C13H13BrN4O5S/c1-2-22-8(19)5-24-13-17-10(15)9(12(21)18-13)16-11(20)6-3-4-7(14)23-6/h3-4H,2,5H2,1H3,(H,16,20)(H3,15,17,18,21). The Hall–Kier alpha value is -2.27. The third kappa shape index (κ3) is 4.61. The molecule has 2 aromatic heterocycles. The van der Waals surface area contributed by atoms with Gasteiger partial charge in [0.1, 0.15) is 0 Å². The van der Waals surface area contributed by atoms with Crippen molar-refractivity contribution in [3.8, 4) is 0 Å². The summed E-state index contributed by atoms with van der Waals surface area (Å²) in [5.74, 6) is -1.29. The first-order valence-corrected chi connectivity index (χ1v) is 8.43. The van der Waals surface area contributed by atoms with Crippen LogP contribution in [0.2, 0.25) is 0 Å². The SMILES string of the molecule is CCOC(=O)CSc1nc(N)c(NC(=O)c2ccc(Br)o2)c(=O)[nH]1. The zero-order valence-electron chi connectivity index (χ0n) is 12.4. The lowest BCUT2D eigenvalue weighted by atomic mass is 10.4. The number of nitrogen functional groups attached to an aromatic ring is 1. The van der Waals surface area contributed by atoms with Gasteiger partial charge < -0.3 is 20.2 Å². The number of hydrogen-bond donors (Lipinski definition) is 3. The number of nitrogens with zero attached hydrogens (tertiary/aromatic N) is 1. The molecule has 0 atom stereocenters. The summed E-state index contributed by atoms with van der Waals surface area (Å²) in [6.07, 6.45) is 0. The van der Waals surface area contributed by atoms with Crippen LogP contribution in [0.3, 0.4) is 0 Å². The molecule has 0 aliphatic rings. The van der Waals surface area contributed by atoms with Gasteiger partial charge in [-0.25, -0.2) is 4.98 Å². The normalized spacial score (nSPS) is 10.4. The van der Waals surface area contributed by atoms with Gasteiger partial charge in [0.25, 0.3) is 11.5 Å². The number of carbonyl (C=O) groups is 2. The zero-order valence-corrected chi connectivity index (χ0v) is 14.8. The molecule has 0 aromatic carbocycles. The van der Waals surface area contributed by atoms with E-state index in [0.717, 1.165) is 11.8 Å². The molecular formula is C13H13BrN4O5S. The number of carbonyl (C=O) groups excluding carboxylic acids is 2. The van der Waals surface area contributed by atoms with E-state index in [2.05, 4.69) is 31.2 Å². The van der Waals surface area contributed by atoms with Gasteiger partial charge in [-0.3, -0.25) is 19.4 Å². The molecule has 0 bridgehead atoms. The average molecular weight is 417 g/mol. The summed E-state index contributed by atoms with van der Waals surface area (Å²) >= 11 is 4.04. The lowest BCUT2D eigenvalue weighted by Crippen LogP contribution is -2.23. The van der Waals surface area contributed by atoms with Crippen LogP contribution in [-0.2, 0) is 9.53 Å². The summed E-state index contributed by atoms with van der Waals surface area (Å²) in [6.45, 7) is 1.95. The van der Waals surface area contributed by atoms with Gasteiger partial charge in [-0.15, -0.1) is 0 Å². The van der Waals surface area contributed by atoms with Crippen molar-refractivity contribution in [1.82, 2.24) is 9.97 Å². The van der Waals surface area contributed by atoms with Crippen LogP contribution in [0.15, 0.2) is 31.2 Å². The molecule has 128 valence electrons. The highest BCUT2D eigenvalue weighted by atomic mass is 79.9. The van der Waals surface area contributed by atoms with E-state index in [1.54, 1.807) is 6.92 Å². The number of ether oxygens (including phenoxy) is 1. The van der Waals surface area contributed by atoms with Crippen LogP contribution in [0, 0.1) is 0 Å². The van der Waals surface area contributed by atoms with Crippen molar-refractivity contribution in [2.45, 2.75) is 12.1 Å². The van der Waals surface area contributed by atoms with Crippen molar-refractivity contribution < 1.29 is 18.7 Å². The van der Waals surface area contributed by atoms with Crippen LogP contribution in [-0.4, -0.2) is 34.2 Å². The summed E-state index contributed by atoms with van der Waals surface area (Å²) in [4.78, 5) is 41.7. The van der Waals surface area contributed by atoms with E-state index in [-0.39, 0.29) is 34.8 Å². The van der Waals surface area contributed by atoms with Crippen molar-refractivity contribution in [3.05, 3.63) is 32.9 Å². The number of H-pyrrole nitrogens is 1. The largest absolute Gasteiger partial charge is 0.465 e. The number of aromatic amines is 1. The number of aromatic nitrogens is 2. The fourth-order valence-electron chi connectivity index (χ4n) is 1.60. The second kappa shape index (κ2) is 8.02. The minimum atomic E-state index is -0.647. The molecule has 11 heteroatoms. The summed E-state index contributed by atoms with van der Waals surface area (Å²) in [5, 5.41) is 2.48. The van der Waals surface area contributed by atoms with Crippen LogP contribution < -0.4 is 16.6 Å². The second-order valence-electron chi connectivity index (χ2n) is 4.28. The molecule has 2 aromatic rings. The van der Waals surface area contributed by atoms with Crippen molar-refractivity contribution in [2.24, 2.45) is 0 Å². The minimum absolute atomic E-state index is 0.00133. The number of furan rings is 1. The molecule has 0 radical (unpaired) electrons. The Labute approximate surface area is 148 Å². The smallest absolute Gasteiger partial charge is 0.316 e. The Morgan fingerprint density at radius 1 is 1.50 bits per heavy atom. The molecule has 0 aliphatic heterocycles. The van der Waals surface area contributed by atoms with E-state index in [9.17, 15) is 14.4 Å². The zero-order chi connectivity index (χ0) is 17.7. The number of amides is 1. The number of anilines is 2. The quantitative estimate of drug-likeness (QED) is 0.366. The molecule has 0 saturated carbocycles. The number of nitrogens with one attached hydrogen (secondary N) is 2. The number of thioether (sulfide) groups is 1. The third-order valence-corrected chi connectivity index (χ3v) is 3.87.